The van der Waals surface area contributed by atoms with Crippen LogP contribution in [0.2, 0.25) is 10.0 Å². The van der Waals surface area contributed by atoms with Crippen LogP contribution in [0.3, 0.4) is 0 Å². The van der Waals surface area contributed by atoms with Crippen LogP contribution in [0, 0.1) is 0 Å². The van der Waals surface area contributed by atoms with Gasteiger partial charge in [-0.2, -0.15) is 0 Å². The van der Waals surface area contributed by atoms with Crippen molar-refractivity contribution in [1.82, 2.24) is 9.80 Å². The molecule has 0 saturated carbocycles. The molecule has 0 bridgehead atoms. The third-order valence-corrected chi connectivity index (χ3v) is 6.64. The lowest BCUT2D eigenvalue weighted by Crippen LogP contribution is -2.38. The van der Waals surface area contributed by atoms with E-state index in [2.05, 4.69) is 4.90 Å². The van der Waals surface area contributed by atoms with Gasteiger partial charge < -0.3 is 19.5 Å². The van der Waals surface area contributed by atoms with Gasteiger partial charge in [-0.25, -0.2) is 0 Å². The van der Waals surface area contributed by atoms with E-state index in [0.29, 0.717) is 48.1 Å². The molecular formula is C25H26Cl2N2O5. The number of Topliss-reactive ketones (excluding diaryl/α,β-unsaturated/α-hetero) is 1. The second-order valence-corrected chi connectivity index (χ2v) is 9.05. The fraction of sp³-hybridized carbons (Fsp3) is 0.360. The van der Waals surface area contributed by atoms with Gasteiger partial charge in [-0.1, -0.05) is 35.3 Å². The molecule has 0 aromatic heterocycles. The number of ether oxygens (including phenoxy) is 2. The normalized spacial score (nSPS) is 20.7. The van der Waals surface area contributed by atoms with E-state index in [4.69, 9.17) is 32.7 Å². The van der Waals surface area contributed by atoms with E-state index in [1.165, 1.54) is 18.1 Å². The fourth-order valence-corrected chi connectivity index (χ4v) is 4.85. The first-order valence-electron chi connectivity index (χ1n) is 11.1. The molecule has 2 aliphatic rings. The monoisotopic (exact) mass is 504 g/mol. The van der Waals surface area contributed by atoms with Crippen LogP contribution in [0.4, 0.5) is 0 Å². The van der Waals surface area contributed by atoms with Gasteiger partial charge in [-0.15, -0.1) is 0 Å². The Balaban J connectivity index is 1.69. The third kappa shape index (κ3) is 5.08. The highest BCUT2D eigenvalue weighted by atomic mass is 35.5. The van der Waals surface area contributed by atoms with Crippen LogP contribution in [0.15, 0.2) is 48.0 Å². The number of methoxy groups -OCH3 is 1. The predicted octanol–water partition coefficient (Wildman–Crippen LogP) is 4.15. The molecule has 2 aliphatic heterocycles. The van der Waals surface area contributed by atoms with Crippen molar-refractivity contribution >= 4 is 40.7 Å². The molecule has 2 aromatic carbocycles. The average molecular weight is 505 g/mol. The summed E-state index contributed by atoms with van der Waals surface area (Å²) in [5, 5.41) is 11.9. The Hall–Kier alpha value is -2.58. The number of rotatable bonds is 7. The molecule has 34 heavy (non-hydrogen) atoms. The maximum absolute atomic E-state index is 13.1. The van der Waals surface area contributed by atoms with Gasteiger partial charge in [-0.3, -0.25) is 14.5 Å². The van der Waals surface area contributed by atoms with Crippen LogP contribution < -0.4 is 4.74 Å². The Morgan fingerprint density at radius 3 is 2.56 bits per heavy atom. The number of hydrogen-bond acceptors (Lipinski definition) is 6. The molecule has 0 spiro atoms. The molecule has 2 fully saturated rings. The van der Waals surface area contributed by atoms with Crippen LogP contribution in [-0.2, 0) is 14.3 Å². The van der Waals surface area contributed by atoms with Crippen molar-refractivity contribution < 1.29 is 24.2 Å². The zero-order valence-electron chi connectivity index (χ0n) is 18.8. The highest BCUT2D eigenvalue weighted by Gasteiger charge is 2.45. The van der Waals surface area contributed by atoms with E-state index in [1.807, 2.05) is 0 Å². The molecule has 1 N–H and O–H groups in total. The summed E-state index contributed by atoms with van der Waals surface area (Å²) in [6.45, 7) is 4.21. The summed E-state index contributed by atoms with van der Waals surface area (Å²) in [7, 11) is 1.49. The number of aliphatic hydroxyl groups excluding tert-OH is 1. The van der Waals surface area contributed by atoms with Crippen LogP contribution in [-0.4, -0.2) is 73.1 Å². The highest BCUT2D eigenvalue weighted by molar-refractivity contribution is 6.46. The molecule has 1 atom stereocenters. The SMILES string of the molecule is COc1ccc(/C(O)=C2/C(=O)C(=O)N(CCCN3CCOCC3)C2c2cccc(Cl)c2)cc1Cl. The van der Waals surface area contributed by atoms with E-state index in [9.17, 15) is 14.7 Å². The van der Waals surface area contributed by atoms with Crippen molar-refractivity contribution in [2.45, 2.75) is 12.5 Å². The largest absolute Gasteiger partial charge is 0.507 e. The number of benzene rings is 2. The maximum Gasteiger partial charge on any atom is 0.295 e. The molecule has 2 aromatic rings. The number of carbonyl (C=O) groups excluding carboxylic acids is 2. The number of halogens is 2. The minimum Gasteiger partial charge on any atom is -0.507 e. The second kappa shape index (κ2) is 10.8. The number of hydrogen-bond donors (Lipinski definition) is 1. The van der Waals surface area contributed by atoms with Crippen molar-refractivity contribution in [2.24, 2.45) is 0 Å². The Kier molecular flexibility index (Phi) is 7.78. The fourth-order valence-electron chi connectivity index (χ4n) is 4.39. The molecule has 9 heteroatoms. The average Bonchev–Trinajstić information content (AvgIpc) is 3.09. The first-order valence-corrected chi connectivity index (χ1v) is 11.8. The summed E-state index contributed by atoms with van der Waals surface area (Å²) in [5.74, 6) is -1.23. The van der Waals surface area contributed by atoms with E-state index in [-0.39, 0.29) is 16.4 Å². The van der Waals surface area contributed by atoms with Gasteiger partial charge >= 0.3 is 0 Å². The maximum atomic E-state index is 13.1. The van der Waals surface area contributed by atoms with Crippen LogP contribution >= 0.6 is 23.2 Å². The first-order chi connectivity index (χ1) is 16.4. The van der Waals surface area contributed by atoms with Crippen LogP contribution in [0.25, 0.3) is 5.76 Å². The first kappa shape index (κ1) is 24.5. The van der Waals surface area contributed by atoms with Crippen molar-refractivity contribution in [2.75, 3.05) is 46.5 Å². The number of carbonyl (C=O) groups is 2. The lowest BCUT2D eigenvalue weighted by Gasteiger charge is -2.29. The summed E-state index contributed by atoms with van der Waals surface area (Å²) in [4.78, 5) is 30.0. The standard InChI is InChI=1S/C25H26Cl2N2O5/c1-33-20-7-6-17(15-19(20)27)23(30)21-22(16-4-2-5-18(26)14-16)29(25(32)24(21)31)9-3-8-28-10-12-34-13-11-28/h2,4-7,14-15,22,30H,3,8-13H2,1H3/b23-21-. The minimum absolute atomic E-state index is 0.0138. The molecule has 180 valence electrons. The van der Waals surface area contributed by atoms with E-state index in [0.717, 1.165) is 19.6 Å². The topological polar surface area (TPSA) is 79.3 Å². The van der Waals surface area contributed by atoms with Gasteiger partial charge in [-0.05, 0) is 42.3 Å². The van der Waals surface area contributed by atoms with E-state index < -0.39 is 17.7 Å². The smallest absolute Gasteiger partial charge is 0.295 e. The number of morpholine rings is 1. The second-order valence-electron chi connectivity index (χ2n) is 8.20. The van der Waals surface area contributed by atoms with E-state index in [1.54, 1.807) is 36.4 Å². The minimum atomic E-state index is -0.760. The molecule has 0 aliphatic carbocycles. The quantitative estimate of drug-likeness (QED) is 0.346. The summed E-state index contributed by atoms with van der Waals surface area (Å²) < 4.78 is 10.6. The molecule has 2 heterocycles. The highest BCUT2D eigenvalue weighted by Crippen LogP contribution is 2.40. The van der Waals surface area contributed by atoms with Gasteiger partial charge in [0.05, 0.1) is 37.0 Å². The molecule has 2 saturated heterocycles. The zero-order valence-corrected chi connectivity index (χ0v) is 20.3. The molecule has 4 rings (SSSR count). The summed E-state index contributed by atoms with van der Waals surface area (Å²) in [6, 6.07) is 10.9. The van der Waals surface area contributed by atoms with Crippen molar-refractivity contribution in [1.29, 1.82) is 0 Å². The molecule has 1 unspecified atom stereocenters. The Morgan fingerprint density at radius 1 is 1.12 bits per heavy atom. The number of amides is 1. The number of nitrogens with zero attached hydrogens (tertiary/aromatic N) is 2. The van der Waals surface area contributed by atoms with Crippen molar-refractivity contribution in [3.05, 3.63) is 69.2 Å². The van der Waals surface area contributed by atoms with Crippen molar-refractivity contribution in [3.8, 4) is 5.75 Å². The van der Waals surface area contributed by atoms with Crippen LogP contribution in [0.5, 0.6) is 5.75 Å². The molecule has 1 amide bonds. The summed E-state index contributed by atoms with van der Waals surface area (Å²) >= 11 is 12.5. The summed E-state index contributed by atoms with van der Waals surface area (Å²) in [6.07, 6.45) is 0.679. The van der Waals surface area contributed by atoms with E-state index >= 15 is 0 Å². The van der Waals surface area contributed by atoms with Gasteiger partial charge in [0, 0.05) is 36.8 Å². The van der Waals surface area contributed by atoms with Crippen LogP contribution in [0.1, 0.15) is 23.6 Å². The van der Waals surface area contributed by atoms with Gasteiger partial charge in [0.2, 0.25) is 0 Å². The number of aliphatic hydroxyl groups is 1. The Bertz CT molecular complexity index is 1110. The molecular weight excluding hydrogens is 479 g/mol. The number of likely N-dealkylation sites (tertiary alicyclic amines) is 1. The zero-order chi connectivity index (χ0) is 24.2. The van der Waals surface area contributed by atoms with Gasteiger partial charge in [0.1, 0.15) is 11.5 Å². The predicted molar refractivity (Wildman–Crippen MR) is 130 cm³/mol. The Labute approximate surface area is 208 Å². The third-order valence-electron chi connectivity index (χ3n) is 6.11. The molecule has 0 radical (unpaired) electrons. The van der Waals surface area contributed by atoms with Gasteiger partial charge in [0.25, 0.3) is 11.7 Å². The Morgan fingerprint density at radius 2 is 1.88 bits per heavy atom. The lowest BCUT2D eigenvalue weighted by molar-refractivity contribution is -0.140. The van der Waals surface area contributed by atoms with Crippen molar-refractivity contribution in [3.63, 3.8) is 0 Å². The molecule has 7 nitrogen and oxygen atoms in total. The van der Waals surface area contributed by atoms with Gasteiger partial charge in [0.15, 0.2) is 0 Å². The number of ketones is 1. The summed E-state index contributed by atoms with van der Waals surface area (Å²) in [5.41, 5.74) is 0.989. The lowest BCUT2D eigenvalue weighted by atomic mass is 9.95.